The summed E-state index contributed by atoms with van der Waals surface area (Å²) in [6, 6.07) is 6.40. The molecule has 0 aliphatic heterocycles. The van der Waals surface area contributed by atoms with Crippen LogP contribution in [0.15, 0.2) is 24.3 Å². The van der Waals surface area contributed by atoms with Gasteiger partial charge < -0.3 is 5.11 Å². The molecule has 0 aliphatic carbocycles. The molecule has 0 radical (unpaired) electrons. The van der Waals surface area contributed by atoms with Gasteiger partial charge in [-0.3, -0.25) is 0 Å². The van der Waals surface area contributed by atoms with Crippen molar-refractivity contribution in [2.75, 3.05) is 0 Å². The Balaban J connectivity index is 0.000000561. The first-order valence-corrected chi connectivity index (χ1v) is 10.1. The molecule has 0 aromatic heterocycles. The van der Waals surface area contributed by atoms with E-state index in [2.05, 4.69) is 20.5 Å². The summed E-state index contributed by atoms with van der Waals surface area (Å²) in [5.74, 6) is -0.903. The number of benzene rings is 1. The fourth-order valence-corrected chi connectivity index (χ4v) is 0.647. The molecular weight excluding hydrogens is 273 g/mol. The van der Waals surface area contributed by atoms with E-state index in [1.165, 1.54) is 28.5 Å². The van der Waals surface area contributed by atoms with Crippen molar-refractivity contribution in [1.82, 2.24) is 0 Å². The molecule has 0 fully saturated rings. The van der Waals surface area contributed by atoms with Crippen molar-refractivity contribution in [3.8, 4) is 0 Å². The Bertz CT molecular complexity index is 246. The summed E-state index contributed by atoms with van der Waals surface area (Å²) < 4.78 is 0. The van der Waals surface area contributed by atoms with Gasteiger partial charge in [-0.2, -0.15) is 24.6 Å². The molecule has 0 aliphatic rings. The third-order valence-corrected chi connectivity index (χ3v) is 1.20. The molecule has 1 rings (SSSR count). The van der Waals surface area contributed by atoms with E-state index in [1.807, 2.05) is 0 Å². The van der Waals surface area contributed by atoms with E-state index < -0.39 is 5.97 Å². The SMILES string of the molecule is [CH2-]c1ccc(C(=O)O)cc1.[Zn+][Br]. The molecule has 0 heterocycles. The normalized spacial score (nSPS) is 8.25. The van der Waals surface area contributed by atoms with Crippen LogP contribution in [0.3, 0.4) is 0 Å². The summed E-state index contributed by atoms with van der Waals surface area (Å²) in [4.78, 5) is 10.3. The van der Waals surface area contributed by atoms with Gasteiger partial charge in [0.15, 0.2) is 0 Å². The van der Waals surface area contributed by atoms with Gasteiger partial charge in [0.25, 0.3) is 0 Å². The van der Waals surface area contributed by atoms with Gasteiger partial charge in [-0.15, -0.1) is 12.1 Å². The molecule has 0 amide bonds. The first-order chi connectivity index (χ1) is 5.70. The minimum atomic E-state index is -0.903. The molecule has 1 N–H and O–H groups in total. The molecule has 12 heavy (non-hydrogen) atoms. The molecule has 60 valence electrons. The van der Waals surface area contributed by atoms with Gasteiger partial charge in [-0.25, -0.2) is 4.79 Å². The summed E-state index contributed by atoms with van der Waals surface area (Å²) in [6.07, 6.45) is 0. The molecule has 0 atom stereocenters. The van der Waals surface area contributed by atoms with Crippen LogP contribution < -0.4 is 0 Å². The predicted molar refractivity (Wildman–Crippen MR) is 46.8 cm³/mol. The average Bonchev–Trinajstić information content (AvgIpc) is 2.09. The molecule has 0 unspecified atom stereocenters. The molecule has 1 aromatic rings. The molecular formula is C8H7BrO2Zn. The van der Waals surface area contributed by atoms with Crippen LogP contribution in [0.1, 0.15) is 15.9 Å². The van der Waals surface area contributed by atoms with E-state index in [9.17, 15) is 4.79 Å². The van der Waals surface area contributed by atoms with Crippen LogP contribution >= 0.6 is 13.6 Å². The number of hydrogen-bond acceptors (Lipinski definition) is 1. The number of carbonyl (C=O) groups is 1. The second-order valence-electron chi connectivity index (χ2n) is 2.00. The Morgan fingerprint density at radius 2 is 1.75 bits per heavy atom. The van der Waals surface area contributed by atoms with Crippen molar-refractivity contribution in [2.24, 2.45) is 0 Å². The van der Waals surface area contributed by atoms with Crippen LogP contribution in [0.2, 0.25) is 0 Å². The van der Waals surface area contributed by atoms with E-state index in [-0.39, 0.29) is 0 Å². The van der Waals surface area contributed by atoms with Crippen LogP contribution in [0.4, 0.5) is 0 Å². The summed E-state index contributed by atoms with van der Waals surface area (Å²) in [5.41, 5.74) is 1.12. The Labute approximate surface area is 88.0 Å². The van der Waals surface area contributed by atoms with Gasteiger partial charge in [0.1, 0.15) is 0 Å². The van der Waals surface area contributed by atoms with Crippen LogP contribution in [-0.2, 0) is 16.3 Å². The fraction of sp³-hybridized carbons (Fsp3) is 0. The number of rotatable bonds is 1. The van der Waals surface area contributed by atoms with Crippen molar-refractivity contribution in [1.29, 1.82) is 0 Å². The van der Waals surface area contributed by atoms with Gasteiger partial charge in [0, 0.05) is 5.56 Å². The Morgan fingerprint density at radius 3 is 2.08 bits per heavy atom. The maximum absolute atomic E-state index is 10.3. The van der Waals surface area contributed by atoms with Crippen LogP contribution in [0, 0.1) is 6.92 Å². The zero-order valence-electron chi connectivity index (χ0n) is 6.46. The summed E-state index contributed by atoms with van der Waals surface area (Å²) >= 11 is 4.25. The second-order valence-corrected chi connectivity index (χ2v) is 2.00. The van der Waals surface area contributed by atoms with Gasteiger partial charge in [0.2, 0.25) is 0 Å². The van der Waals surface area contributed by atoms with E-state index in [4.69, 9.17) is 5.11 Å². The number of aromatic carboxylic acids is 1. The third kappa shape index (κ3) is 3.88. The molecule has 0 spiro atoms. The van der Waals surface area contributed by atoms with Crippen LogP contribution in [0.5, 0.6) is 0 Å². The first-order valence-electron chi connectivity index (χ1n) is 3.12. The molecule has 0 saturated carbocycles. The number of carboxylic acids is 1. The fourth-order valence-electron chi connectivity index (χ4n) is 0.647. The zero-order valence-corrected chi connectivity index (χ0v) is 11.0. The van der Waals surface area contributed by atoms with E-state index >= 15 is 0 Å². The number of hydrogen-bond donors (Lipinski definition) is 1. The van der Waals surface area contributed by atoms with Crippen molar-refractivity contribution in [3.63, 3.8) is 0 Å². The molecule has 1 aromatic carbocycles. The number of carboxylic acid groups (broad SMARTS) is 1. The monoisotopic (exact) mass is 278 g/mol. The quantitative estimate of drug-likeness (QED) is 0.633. The van der Waals surface area contributed by atoms with Gasteiger partial charge in [-0.1, -0.05) is 0 Å². The molecule has 0 bridgehead atoms. The molecule has 0 saturated heterocycles. The van der Waals surface area contributed by atoms with Crippen molar-refractivity contribution < 1.29 is 26.2 Å². The van der Waals surface area contributed by atoms with Gasteiger partial charge >= 0.3 is 35.9 Å². The Kier molecular flexibility index (Phi) is 6.04. The standard InChI is InChI=1S/C8H7O2.BrH.Zn/c1-6-2-4-7(5-3-6)8(9)10;;/h2-5H,1H2,(H,9,10);1H;/q-1;;+2/p-1. The third-order valence-electron chi connectivity index (χ3n) is 1.20. The molecule has 2 nitrogen and oxygen atoms in total. The second kappa shape index (κ2) is 6.21. The Hall–Kier alpha value is -0.337. The number of halogens is 1. The van der Waals surface area contributed by atoms with Gasteiger partial charge in [0.05, 0.1) is 0 Å². The summed E-state index contributed by atoms with van der Waals surface area (Å²) in [6.45, 7) is 3.63. The first kappa shape index (κ1) is 11.7. The predicted octanol–water partition coefficient (Wildman–Crippen LogP) is 2.41. The maximum atomic E-state index is 10.3. The van der Waals surface area contributed by atoms with E-state index in [1.54, 1.807) is 12.1 Å². The van der Waals surface area contributed by atoms with E-state index in [0.717, 1.165) is 5.56 Å². The van der Waals surface area contributed by atoms with E-state index in [0.29, 0.717) is 5.56 Å². The minimum absolute atomic E-state index is 0.299. The molecule has 4 heteroatoms. The Morgan fingerprint density at radius 1 is 1.33 bits per heavy atom. The van der Waals surface area contributed by atoms with Crippen LogP contribution in [-0.4, -0.2) is 11.1 Å². The van der Waals surface area contributed by atoms with Gasteiger partial charge in [-0.05, 0) is 0 Å². The van der Waals surface area contributed by atoms with Crippen molar-refractivity contribution >= 4 is 19.6 Å². The van der Waals surface area contributed by atoms with Crippen molar-refractivity contribution in [2.45, 2.75) is 0 Å². The van der Waals surface area contributed by atoms with Crippen LogP contribution in [0.25, 0.3) is 0 Å². The summed E-state index contributed by atoms with van der Waals surface area (Å²) in [7, 11) is 0. The average molecular weight is 280 g/mol. The summed E-state index contributed by atoms with van der Waals surface area (Å²) in [5, 5.41) is 8.46. The van der Waals surface area contributed by atoms with Crippen molar-refractivity contribution in [3.05, 3.63) is 42.3 Å². The topological polar surface area (TPSA) is 37.3 Å². The zero-order chi connectivity index (χ0) is 9.56.